The molecule has 0 unspecified atom stereocenters. The molecule has 1 rings (SSSR count). The lowest BCUT2D eigenvalue weighted by Crippen LogP contribution is -2.03. The molecule has 3 heteroatoms. The topological polar surface area (TPSA) is 57.5 Å². The SMILES string of the molecule is Cc1ccc(CCCO)c(C(=O)O)c1. The second kappa shape index (κ2) is 4.77. The Morgan fingerprint density at radius 3 is 2.71 bits per heavy atom. The van der Waals surface area contributed by atoms with Gasteiger partial charge in [0.15, 0.2) is 0 Å². The number of hydrogen-bond acceptors (Lipinski definition) is 2. The normalized spacial score (nSPS) is 10.1. The molecule has 1 aromatic carbocycles. The van der Waals surface area contributed by atoms with Gasteiger partial charge in [-0.15, -0.1) is 0 Å². The molecule has 0 aliphatic heterocycles. The summed E-state index contributed by atoms with van der Waals surface area (Å²) >= 11 is 0. The number of aliphatic hydroxyl groups excluding tert-OH is 1. The van der Waals surface area contributed by atoms with Crippen LogP contribution in [-0.4, -0.2) is 22.8 Å². The van der Waals surface area contributed by atoms with E-state index in [0.717, 1.165) is 11.1 Å². The van der Waals surface area contributed by atoms with E-state index in [1.165, 1.54) is 0 Å². The van der Waals surface area contributed by atoms with Crippen molar-refractivity contribution in [3.8, 4) is 0 Å². The largest absolute Gasteiger partial charge is 0.478 e. The average molecular weight is 194 g/mol. The van der Waals surface area contributed by atoms with Gasteiger partial charge in [0.2, 0.25) is 0 Å². The van der Waals surface area contributed by atoms with Gasteiger partial charge in [0, 0.05) is 6.61 Å². The van der Waals surface area contributed by atoms with Crippen LogP contribution < -0.4 is 0 Å². The highest BCUT2D eigenvalue weighted by molar-refractivity contribution is 5.89. The van der Waals surface area contributed by atoms with Gasteiger partial charge in [-0.25, -0.2) is 4.79 Å². The minimum atomic E-state index is -0.901. The van der Waals surface area contributed by atoms with E-state index in [2.05, 4.69) is 0 Å². The predicted octanol–water partition coefficient (Wildman–Crippen LogP) is 1.62. The van der Waals surface area contributed by atoms with Crippen LogP contribution in [-0.2, 0) is 6.42 Å². The lowest BCUT2D eigenvalue weighted by atomic mass is 10.0. The monoisotopic (exact) mass is 194 g/mol. The van der Waals surface area contributed by atoms with Gasteiger partial charge < -0.3 is 10.2 Å². The van der Waals surface area contributed by atoms with Crippen LogP contribution >= 0.6 is 0 Å². The molecule has 0 saturated carbocycles. The molecule has 76 valence electrons. The number of carboxylic acid groups (broad SMARTS) is 1. The van der Waals surface area contributed by atoms with Gasteiger partial charge in [-0.2, -0.15) is 0 Å². The summed E-state index contributed by atoms with van der Waals surface area (Å²) in [6.45, 7) is 1.95. The van der Waals surface area contributed by atoms with Crippen molar-refractivity contribution in [2.24, 2.45) is 0 Å². The molecular formula is C11H14O3. The molecular weight excluding hydrogens is 180 g/mol. The lowest BCUT2D eigenvalue weighted by molar-refractivity contribution is 0.0695. The summed E-state index contributed by atoms with van der Waals surface area (Å²) in [7, 11) is 0. The number of aliphatic hydroxyl groups is 1. The summed E-state index contributed by atoms with van der Waals surface area (Å²) in [6, 6.07) is 5.36. The fourth-order valence-corrected chi connectivity index (χ4v) is 1.38. The Morgan fingerprint density at radius 1 is 1.43 bits per heavy atom. The van der Waals surface area contributed by atoms with Gasteiger partial charge in [0.05, 0.1) is 5.56 Å². The van der Waals surface area contributed by atoms with E-state index in [1.807, 2.05) is 19.1 Å². The van der Waals surface area contributed by atoms with Crippen molar-refractivity contribution in [2.75, 3.05) is 6.61 Å². The quantitative estimate of drug-likeness (QED) is 0.765. The minimum Gasteiger partial charge on any atom is -0.478 e. The Hall–Kier alpha value is -1.35. The molecule has 0 radical (unpaired) electrons. The molecule has 14 heavy (non-hydrogen) atoms. The second-order valence-corrected chi connectivity index (χ2v) is 3.29. The van der Waals surface area contributed by atoms with Crippen LogP contribution in [0.5, 0.6) is 0 Å². The second-order valence-electron chi connectivity index (χ2n) is 3.29. The van der Waals surface area contributed by atoms with Crippen molar-refractivity contribution in [1.29, 1.82) is 0 Å². The van der Waals surface area contributed by atoms with Gasteiger partial charge in [-0.05, 0) is 31.4 Å². The standard InChI is InChI=1S/C11H14O3/c1-8-4-5-9(3-2-6-12)10(7-8)11(13)14/h4-5,7,12H,2-3,6H2,1H3,(H,13,14). The number of rotatable bonds is 4. The molecule has 0 spiro atoms. The van der Waals surface area contributed by atoms with Crippen LogP contribution in [0, 0.1) is 6.92 Å². The fraction of sp³-hybridized carbons (Fsp3) is 0.364. The summed E-state index contributed by atoms with van der Waals surface area (Å²) in [5, 5.41) is 17.6. The number of hydrogen-bond donors (Lipinski definition) is 2. The first-order chi connectivity index (χ1) is 6.65. The van der Waals surface area contributed by atoms with Crippen LogP contribution in [0.1, 0.15) is 27.9 Å². The third kappa shape index (κ3) is 2.57. The van der Waals surface area contributed by atoms with Crippen molar-refractivity contribution >= 4 is 5.97 Å². The Kier molecular flexibility index (Phi) is 3.65. The van der Waals surface area contributed by atoms with Crippen molar-refractivity contribution in [1.82, 2.24) is 0 Å². The third-order valence-corrected chi connectivity index (χ3v) is 2.10. The van der Waals surface area contributed by atoms with Crippen LogP contribution in [0.25, 0.3) is 0 Å². The van der Waals surface area contributed by atoms with E-state index >= 15 is 0 Å². The number of aromatic carboxylic acids is 1. The fourth-order valence-electron chi connectivity index (χ4n) is 1.38. The first-order valence-electron chi connectivity index (χ1n) is 4.59. The Labute approximate surface area is 83.0 Å². The van der Waals surface area contributed by atoms with Crippen LogP contribution in [0.4, 0.5) is 0 Å². The molecule has 0 heterocycles. The zero-order valence-corrected chi connectivity index (χ0v) is 8.16. The highest BCUT2D eigenvalue weighted by Crippen LogP contribution is 2.13. The van der Waals surface area contributed by atoms with Gasteiger partial charge in [0.1, 0.15) is 0 Å². The Balaban J connectivity index is 2.96. The van der Waals surface area contributed by atoms with Crippen molar-refractivity contribution in [2.45, 2.75) is 19.8 Å². The summed E-state index contributed by atoms with van der Waals surface area (Å²) in [5.74, 6) is -0.901. The summed E-state index contributed by atoms with van der Waals surface area (Å²) in [6.07, 6.45) is 1.21. The maximum absolute atomic E-state index is 10.9. The molecule has 1 aromatic rings. The number of carboxylic acids is 1. The molecule has 0 aliphatic rings. The van der Waals surface area contributed by atoms with E-state index in [4.69, 9.17) is 10.2 Å². The zero-order valence-electron chi connectivity index (χ0n) is 8.16. The van der Waals surface area contributed by atoms with Crippen LogP contribution in [0.2, 0.25) is 0 Å². The maximum Gasteiger partial charge on any atom is 0.335 e. The lowest BCUT2D eigenvalue weighted by Gasteiger charge is -2.05. The van der Waals surface area contributed by atoms with Crippen LogP contribution in [0.3, 0.4) is 0 Å². The highest BCUT2D eigenvalue weighted by atomic mass is 16.4. The number of carbonyl (C=O) groups is 1. The molecule has 2 N–H and O–H groups in total. The first-order valence-corrected chi connectivity index (χ1v) is 4.59. The zero-order chi connectivity index (χ0) is 10.6. The summed E-state index contributed by atoms with van der Waals surface area (Å²) in [4.78, 5) is 10.9. The van der Waals surface area contributed by atoms with E-state index in [9.17, 15) is 4.79 Å². The van der Waals surface area contributed by atoms with Crippen molar-refractivity contribution in [3.63, 3.8) is 0 Å². The van der Waals surface area contributed by atoms with Crippen molar-refractivity contribution in [3.05, 3.63) is 34.9 Å². The molecule has 0 aliphatic carbocycles. The summed E-state index contributed by atoms with van der Waals surface area (Å²) < 4.78 is 0. The molecule has 0 atom stereocenters. The summed E-state index contributed by atoms with van der Waals surface area (Å²) in [5.41, 5.74) is 2.07. The van der Waals surface area contributed by atoms with E-state index in [-0.39, 0.29) is 6.61 Å². The van der Waals surface area contributed by atoms with Gasteiger partial charge >= 0.3 is 5.97 Å². The molecule has 0 amide bonds. The van der Waals surface area contributed by atoms with E-state index in [1.54, 1.807) is 6.07 Å². The van der Waals surface area contributed by atoms with E-state index in [0.29, 0.717) is 18.4 Å². The predicted molar refractivity (Wildman–Crippen MR) is 53.5 cm³/mol. The van der Waals surface area contributed by atoms with Crippen LogP contribution in [0.15, 0.2) is 18.2 Å². The van der Waals surface area contributed by atoms with Gasteiger partial charge in [-0.1, -0.05) is 17.7 Å². The molecule has 0 saturated heterocycles. The maximum atomic E-state index is 10.9. The van der Waals surface area contributed by atoms with Gasteiger partial charge in [-0.3, -0.25) is 0 Å². The number of benzene rings is 1. The molecule has 0 fully saturated rings. The molecule has 0 bridgehead atoms. The first kappa shape index (κ1) is 10.7. The smallest absolute Gasteiger partial charge is 0.335 e. The average Bonchev–Trinajstić information content (AvgIpc) is 2.15. The highest BCUT2D eigenvalue weighted by Gasteiger charge is 2.09. The molecule has 0 aromatic heterocycles. The third-order valence-electron chi connectivity index (χ3n) is 2.10. The van der Waals surface area contributed by atoms with E-state index < -0.39 is 5.97 Å². The Bertz CT molecular complexity index is 331. The minimum absolute atomic E-state index is 0.0902. The van der Waals surface area contributed by atoms with Crippen molar-refractivity contribution < 1.29 is 15.0 Å². The Morgan fingerprint density at radius 2 is 2.14 bits per heavy atom. The number of aryl methyl sites for hydroxylation is 2. The van der Waals surface area contributed by atoms with Gasteiger partial charge in [0.25, 0.3) is 0 Å². The molecule has 3 nitrogen and oxygen atoms in total.